The van der Waals surface area contributed by atoms with Crippen LogP contribution < -0.4 is 9.46 Å². The number of nitrogens with zero attached hydrogens (tertiary/aromatic N) is 4. The van der Waals surface area contributed by atoms with Gasteiger partial charge >= 0.3 is 16.3 Å². The summed E-state index contributed by atoms with van der Waals surface area (Å²) in [7, 11) is 0.648. The summed E-state index contributed by atoms with van der Waals surface area (Å²) in [5.74, 6) is -0.810. The van der Waals surface area contributed by atoms with Gasteiger partial charge in [-0.15, -0.1) is 0 Å². The molecule has 6 rings (SSSR count). The third-order valence-electron chi connectivity index (χ3n) is 10.3. The number of ether oxygens (including phenoxy) is 1. The van der Waals surface area contributed by atoms with E-state index in [0.29, 0.717) is 35.7 Å². The Morgan fingerprint density at radius 3 is 2.46 bits per heavy atom. The molecular weight excluding hydrogens is 665 g/mol. The van der Waals surface area contributed by atoms with Crippen molar-refractivity contribution in [1.82, 2.24) is 23.4 Å². The maximum atomic E-state index is 14.6. The zero-order valence-electron chi connectivity index (χ0n) is 29.5. The van der Waals surface area contributed by atoms with Crippen LogP contribution in [-0.4, -0.2) is 91.8 Å². The van der Waals surface area contributed by atoms with Crippen LogP contribution in [0.25, 0.3) is 28.2 Å². The lowest BCUT2D eigenvalue weighted by Gasteiger charge is -2.29. The van der Waals surface area contributed by atoms with Crippen molar-refractivity contribution in [3.63, 3.8) is 0 Å². The van der Waals surface area contributed by atoms with Crippen molar-refractivity contribution in [3.8, 4) is 17.0 Å². The Kier molecular flexibility index (Phi) is 10.1. The van der Waals surface area contributed by atoms with E-state index in [2.05, 4.69) is 16.5 Å². The number of likely N-dealkylation sites (N-methyl/N-ethyl adjacent to an activating group) is 1. The zero-order valence-corrected chi connectivity index (χ0v) is 30.3. The van der Waals surface area contributed by atoms with E-state index in [9.17, 15) is 26.8 Å². The van der Waals surface area contributed by atoms with Gasteiger partial charge in [-0.3, -0.25) is 9.59 Å². The predicted molar refractivity (Wildman–Crippen MR) is 190 cm³/mol. The molecule has 1 atom stereocenters. The summed E-state index contributed by atoms with van der Waals surface area (Å²) in [4.78, 5) is 32.0. The van der Waals surface area contributed by atoms with Gasteiger partial charge in [0.25, 0.3) is 11.8 Å². The molecule has 2 aromatic carbocycles. The minimum Gasteiger partial charge on any atom is -0.432 e. The molecule has 0 radical (unpaired) electrons. The first-order chi connectivity index (χ1) is 23.7. The number of likely N-dealkylation sites (tertiary alicyclic amines) is 1. The fourth-order valence-electron chi connectivity index (χ4n) is 7.71. The highest BCUT2D eigenvalue weighted by Gasteiger charge is 2.36. The topological polar surface area (TPSA) is 104 Å². The molecule has 1 aliphatic carbocycles. The molecule has 1 unspecified atom stereocenters. The van der Waals surface area contributed by atoms with Gasteiger partial charge in [-0.25, -0.2) is 4.72 Å². The minimum absolute atomic E-state index is 0.00941. The maximum absolute atomic E-state index is 14.6. The number of halogens is 2. The van der Waals surface area contributed by atoms with E-state index < -0.39 is 22.2 Å². The van der Waals surface area contributed by atoms with E-state index in [1.54, 1.807) is 24.3 Å². The molecule has 50 heavy (non-hydrogen) atoms. The lowest BCUT2D eigenvalue weighted by atomic mass is 9.81. The Bertz CT molecular complexity index is 1930. The molecule has 3 heterocycles. The van der Waals surface area contributed by atoms with Gasteiger partial charge in [-0.1, -0.05) is 44.4 Å². The molecule has 1 saturated heterocycles. The van der Waals surface area contributed by atoms with Crippen molar-refractivity contribution in [1.29, 1.82) is 0 Å². The van der Waals surface area contributed by atoms with E-state index in [-0.39, 0.29) is 35.7 Å². The quantitative estimate of drug-likeness (QED) is 0.268. The number of nitrogens with one attached hydrogen (secondary N) is 1. The Morgan fingerprint density at radius 2 is 1.78 bits per heavy atom. The molecule has 3 aliphatic rings. The van der Waals surface area contributed by atoms with Crippen molar-refractivity contribution < 1.29 is 31.5 Å². The van der Waals surface area contributed by atoms with E-state index in [1.807, 2.05) is 28.6 Å². The van der Waals surface area contributed by atoms with Crippen LogP contribution >= 0.6 is 0 Å². The fourth-order valence-corrected chi connectivity index (χ4v) is 8.25. The van der Waals surface area contributed by atoms with Gasteiger partial charge in [0.1, 0.15) is 5.75 Å². The second kappa shape index (κ2) is 14.1. The van der Waals surface area contributed by atoms with Crippen LogP contribution in [0.3, 0.4) is 0 Å². The lowest BCUT2D eigenvalue weighted by Crippen LogP contribution is -2.43. The molecule has 1 N–H and O–H groups in total. The number of hydrogen-bond donors (Lipinski definition) is 1. The zero-order chi connectivity index (χ0) is 36.0. The molecule has 1 saturated carbocycles. The first kappa shape index (κ1) is 36.0. The predicted octanol–water partition coefficient (Wildman–Crippen LogP) is 6.22. The van der Waals surface area contributed by atoms with Crippen LogP contribution in [0, 0.1) is 0 Å². The van der Waals surface area contributed by atoms with Gasteiger partial charge in [-0.05, 0) is 75.0 Å². The van der Waals surface area contributed by atoms with E-state index in [0.717, 1.165) is 79.0 Å². The Labute approximate surface area is 293 Å². The smallest absolute Gasteiger partial charge is 0.394 e. The van der Waals surface area contributed by atoms with E-state index >= 15 is 0 Å². The number of fused-ring (bicyclic) bond motifs is 5. The largest absolute Gasteiger partial charge is 0.432 e. The number of carbonyl (C=O) groups is 2. The number of hydrogen-bond acceptors (Lipinski definition) is 6. The number of rotatable bonds is 10. The lowest BCUT2D eigenvalue weighted by molar-refractivity contribution is -0.159. The third kappa shape index (κ3) is 7.17. The van der Waals surface area contributed by atoms with Crippen LogP contribution in [-0.2, 0) is 21.5 Å². The number of benzene rings is 2. The fraction of sp³-hybridized carbons (Fsp3) is 0.514. The molecule has 3 aromatic rings. The second-order valence-corrected chi connectivity index (χ2v) is 16.0. The highest BCUT2D eigenvalue weighted by molar-refractivity contribution is 7.87. The summed E-state index contributed by atoms with van der Waals surface area (Å²) in [6.07, 6.45) is 5.07. The highest BCUT2D eigenvalue weighted by atomic mass is 32.2. The van der Waals surface area contributed by atoms with E-state index in [1.165, 1.54) is 20.2 Å². The Morgan fingerprint density at radius 1 is 1.04 bits per heavy atom. The summed E-state index contributed by atoms with van der Waals surface area (Å²) >= 11 is 0. The molecule has 0 spiro atoms. The monoisotopic (exact) mass is 711 g/mol. The molecule has 10 nitrogen and oxygen atoms in total. The van der Waals surface area contributed by atoms with Crippen molar-refractivity contribution in [2.75, 3.05) is 40.8 Å². The van der Waals surface area contributed by atoms with Crippen LogP contribution in [0.1, 0.15) is 86.2 Å². The number of amides is 2. The van der Waals surface area contributed by atoms with Gasteiger partial charge in [0.05, 0.1) is 12.2 Å². The van der Waals surface area contributed by atoms with Gasteiger partial charge in [0, 0.05) is 73.3 Å². The summed E-state index contributed by atoms with van der Waals surface area (Å²) in [6, 6.07) is 10.2. The van der Waals surface area contributed by atoms with Crippen LogP contribution in [0.5, 0.6) is 5.75 Å². The van der Waals surface area contributed by atoms with Crippen molar-refractivity contribution >= 4 is 39.0 Å². The first-order valence-corrected chi connectivity index (χ1v) is 18.9. The molecule has 1 aromatic heterocycles. The van der Waals surface area contributed by atoms with Gasteiger partial charge in [0.2, 0.25) is 0 Å². The number of aromatic nitrogens is 1. The SMILES string of the molecule is CCN(C)CC1CCCN1C(=O)C1=Cc2c(OC(C)(F)F)cccc2-c2c(C3CCCCC3)c3ccc(C(=O)NS(=O)(=O)N(C)C)cc3n2C1. The first-order valence-electron chi connectivity index (χ1n) is 17.5. The molecule has 2 aliphatic heterocycles. The third-order valence-corrected chi connectivity index (χ3v) is 11.7. The summed E-state index contributed by atoms with van der Waals surface area (Å²) in [5, 5.41) is 0.884. The molecule has 270 valence electrons. The summed E-state index contributed by atoms with van der Waals surface area (Å²) in [5.41, 5.74) is 4.14. The summed E-state index contributed by atoms with van der Waals surface area (Å²) < 4.78 is 64.4. The van der Waals surface area contributed by atoms with Crippen molar-refractivity contribution in [2.45, 2.75) is 83.4 Å². The molecule has 2 fully saturated rings. The average Bonchev–Trinajstić information content (AvgIpc) is 3.60. The van der Waals surface area contributed by atoms with Gasteiger partial charge < -0.3 is 19.1 Å². The molecule has 0 bridgehead atoms. The standard InChI is InChI=1S/C37H47F2N5O5S/c1-6-42(5)23-27-14-11-19-43(27)36(46)26-20-30-28(15-10-16-32(30)49-37(2,38)39)34-33(24-12-8-7-9-13-24)29-18-17-25(21-31(29)44(34)22-26)35(45)40-50(47,48)41(3)4/h10,15-18,20-21,24,27H,6-9,11-14,19,22-23H2,1-5H3,(H,40,45). The number of alkyl halides is 2. The second-order valence-electron chi connectivity index (χ2n) is 14.1. The van der Waals surface area contributed by atoms with Crippen molar-refractivity contribution in [2.24, 2.45) is 0 Å². The Hall–Kier alpha value is -3.81. The normalized spacial score (nSPS) is 18.6. The van der Waals surface area contributed by atoms with Crippen LogP contribution in [0.2, 0.25) is 0 Å². The van der Waals surface area contributed by atoms with Crippen molar-refractivity contribution in [3.05, 3.63) is 58.7 Å². The molecular formula is C37H47F2N5O5S. The maximum Gasteiger partial charge on any atom is 0.394 e. The van der Waals surface area contributed by atoms with Crippen LogP contribution in [0.15, 0.2) is 42.0 Å². The average molecular weight is 712 g/mol. The van der Waals surface area contributed by atoms with Gasteiger partial charge in [0.15, 0.2) is 0 Å². The van der Waals surface area contributed by atoms with Gasteiger partial charge in [-0.2, -0.15) is 21.5 Å². The highest BCUT2D eigenvalue weighted by Crippen LogP contribution is 2.48. The number of carbonyl (C=O) groups excluding carboxylic acids is 2. The minimum atomic E-state index is -4.05. The summed E-state index contributed by atoms with van der Waals surface area (Å²) in [6.45, 7) is 5.06. The van der Waals surface area contributed by atoms with E-state index in [4.69, 9.17) is 4.74 Å². The van der Waals surface area contributed by atoms with Crippen LogP contribution in [0.4, 0.5) is 8.78 Å². The molecule has 2 amide bonds. The molecule has 13 heteroatoms. The Balaban J connectivity index is 1.57.